The number of hydrogen-bond acceptors (Lipinski definition) is 2. The van der Waals surface area contributed by atoms with E-state index in [1.165, 1.54) is 5.56 Å². The van der Waals surface area contributed by atoms with Gasteiger partial charge < -0.3 is 0 Å². The lowest BCUT2D eigenvalue weighted by molar-refractivity contribution is 0.665. The fourth-order valence-corrected chi connectivity index (χ4v) is 1.37. The highest BCUT2D eigenvalue weighted by Gasteiger charge is 2.03. The molecular weight excluding hydrogens is 174 g/mol. The van der Waals surface area contributed by atoms with Gasteiger partial charge in [0.1, 0.15) is 0 Å². The van der Waals surface area contributed by atoms with Gasteiger partial charge in [-0.25, -0.2) is 4.68 Å². The lowest BCUT2D eigenvalue weighted by Gasteiger charge is -2.02. The molecular formula is C11H12N3. The minimum Gasteiger partial charge on any atom is -0.245 e. The number of benzene rings is 1. The number of aromatic nitrogens is 3. The van der Waals surface area contributed by atoms with Gasteiger partial charge in [0.05, 0.1) is 11.9 Å². The molecule has 0 amide bonds. The number of hydrogen-bond donors (Lipinski definition) is 0. The summed E-state index contributed by atoms with van der Waals surface area (Å²) < 4.78 is 1.78. The van der Waals surface area contributed by atoms with Crippen LogP contribution < -0.4 is 0 Å². The van der Waals surface area contributed by atoms with E-state index in [1.807, 2.05) is 0 Å². The van der Waals surface area contributed by atoms with E-state index in [-0.39, 0.29) is 0 Å². The largest absolute Gasteiger partial charge is 0.245 e. The smallest absolute Gasteiger partial charge is 0.0885 e. The summed E-state index contributed by atoms with van der Waals surface area (Å²) in [7, 11) is 0. The van der Waals surface area contributed by atoms with E-state index < -0.39 is 0 Å². The topological polar surface area (TPSA) is 30.7 Å². The monoisotopic (exact) mass is 186 g/mol. The Morgan fingerprint density at radius 1 is 1.29 bits per heavy atom. The van der Waals surface area contributed by atoms with Crippen molar-refractivity contribution >= 4 is 0 Å². The Labute approximate surface area is 83.4 Å². The first kappa shape index (κ1) is 8.94. The van der Waals surface area contributed by atoms with Crippen molar-refractivity contribution in [2.45, 2.75) is 13.5 Å². The lowest BCUT2D eigenvalue weighted by atomic mass is 10.1. The summed E-state index contributed by atoms with van der Waals surface area (Å²) in [5.41, 5.74) is 3.40. The zero-order chi connectivity index (χ0) is 9.97. The summed E-state index contributed by atoms with van der Waals surface area (Å²) in [5, 5.41) is 7.80. The molecule has 0 atom stereocenters. The van der Waals surface area contributed by atoms with Crippen molar-refractivity contribution in [2.24, 2.45) is 0 Å². The third kappa shape index (κ3) is 1.53. The molecule has 2 aromatic rings. The Balaban J connectivity index is 2.44. The van der Waals surface area contributed by atoms with E-state index in [0.29, 0.717) is 6.54 Å². The summed E-state index contributed by atoms with van der Waals surface area (Å²) in [6.07, 6.45) is 1.76. The standard InChI is InChI=1S/C11H12N3/c1-3-14-11(8-12-13-14)10-6-4-9(2)5-7-10/h4-8H,1,3H2,2H3. The molecule has 0 spiro atoms. The van der Waals surface area contributed by atoms with Crippen LogP contribution >= 0.6 is 0 Å². The van der Waals surface area contributed by atoms with Crippen molar-refractivity contribution in [1.29, 1.82) is 0 Å². The molecule has 2 rings (SSSR count). The molecule has 0 aliphatic heterocycles. The van der Waals surface area contributed by atoms with E-state index in [0.717, 1.165) is 11.3 Å². The van der Waals surface area contributed by atoms with Crippen molar-refractivity contribution in [1.82, 2.24) is 15.0 Å². The van der Waals surface area contributed by atoms with Crippen molar-refractivity contribution < 1.29 is 0 Å². The van der Waals surface area contributed by atoms with Gasteiger partial charge in [0, 0.05) is 12.1 Å². The van der Waals surface area contributed by atoms with Crippen LogP contribution in [0.4, 0.5) is 0 Å². The van der Waals surface area contributed by atoms with Gasteiger partial charge in [-0.2, -0.15) is 0 Å². The predicted octanol–water partition coefficient (Wildman–Crippen LogP) is 2.09. The molecule has 0 N–H and O–H groups in total. The minimum atomic E-state index is 0.600. The van der Waals surface area contributed by atoms with Crippen LogP contribution in [0.5, 0.6) is 0 Å². The molecule has 0 saturated heterocycles. The first-order valence-corrected chi connectivity index (χ1v) is 4.56. The molecule has 0 saturated carbocycles. The maximum atomic E-state index is 3.94. The molecule has 1 heterocycles. The Bertz CT molecular complexity index is 414. The van der Waals surface area contributed by atoms with Crippen LogP contribution in [0.1, 0.15) is 5.56 Å². The third-order valence-corrected chi connectivity index (χ3v) is 2.18. The van der Waals surface area contributed by atoms with Gasteiger partial charge in [-0.1, -0.05) is 35.0 Å². The van der Waals surface area contributed by atoms with E-state index in [1.54, 1.807) is 10.9 Å². The second-order valence-electron chi connectivity index (χ2n) is 3.21. The Hall–Kier alpha value is -1.64. The average Bonchev–Trinajstić information content (AvgIpc) is 2.67. The number of aryl methyl sites for hydroxylation is 1. The average molecular weight is 186 g/mol. The van der Waals surface area contributed by atoms with Crippen molar-refractivity contribution in [3.8, 4) is 11.3 Å². The van der Waals surface area contributed by atoms with Crippen molar-refractivity contribution in [3.05, 3.63) is 42.9 Å². The first-order chi connectivity index (χ1) is 6.81. The number of rotatable bonds is 2. The summed E-state index contributed by atoms with van der Waals surface area (Å²) in [5.74, 6) is 0. The van der Waals surface area contributed by atoms with Gasteiger partial charge in [-0.3, -0.25) is 0 Å². The molecule has 0 bridgehead atoms. The van der Waals surface area contributed by atoms with E-state index in [4.69, 9.17) is 0 Å². The molecule has 3 nitrogen and oxygen atoms in total. The van der Waals surface area contributed by atoms with Crippen LogP contribution in [0.2, 0.25) is 0 Å². The van der Waals surface area contributed by atoms with Gasteiger partial charge in [0.15, 0.2) is 0 Å². The Morgan fingerprint density at radius 2 is 2.00 bits per heavy atom. The maximum Gasteiger partial charge on any atom is 0.0885 e. The van der Waals surface area contributed by atoms with Crippen LogP contribution in [0.25, 0.3) is 11.3 Å². The van der Waals surface area contributed by atoms with Crippen molar-refractivity contribution in [2.75, 3.05) is 0 Å². The molecule has 1 radical (unpaired) electrons. The molecule has 14 heavy (non-hydrogen) atoms. The molecule has 71 valence electrons. The minimum absolute atomic E-state index is 0.600. The van der Waals surface area contributed by atoms with Gasteiger partial charge in [-0.05, 0) is 13.8 Å². The highest BCUT2D eigenvalue weighted by Crippen LogP contribution is 2.17. The molecule has 0 aliphatic carbocycles. The molecule has 0 aliphatic rings. The van der Waals surface area contributed by atoms with Gasteiger partial charge in [0.2, 0.25) is 0 Å². The fourth-order valence-electron chi connectivity index (χ4n) is 1.37. The van der Waals surface area contributed by atoms with Crippen molar-refractivity contribution in [3.63, 3.8) is 0 Å². The highest BCUT2D eigenvalue weighted by molar-refractivity contribution is 5.58. The van der Waals surface area contributed by atoms with E-state index in [2.05, 4.69) is 48.4 Å². The van der Waals surface area contributed by atoms with Crippen LogP contribution in [0.15, 0.2) is 30.5 Å². The maximum absolute atomic E-state index is 3.94. The fraction of sp³-hybridized carbons (Fsp3) is 0.182. The first-order valence-electron chi connectivity index (χ1n) is 4.56. The lowest BCUT2D eigenvalue weighted by Crippen LogP contribution is -1.99. The summed E-state index contributed by atoms with van der Waals surface area (Å²) in [6, 6.07) is 8.30. The summed E-state index contributed by atoms with van der Waals surface area (Å²) >= 11 is 0. The Morgan fingerprint density at radius 3 is 2.64 bits per heavy atom. The SMILES string of the molecule is [CH2]Cn1nncc1-c1ccc(C)cc1. The van der Waals surface area contributed by atoms with Gasteiger partial charge >= 0.3 is 0 Å². The summed E-state index contributed by atoms with van der Waals surface area (Å²) in [6.45, 7) is 6.46. The van der Waals surface area contributed by atoms with Gasteiger partial charge in [0.25, 0.3) is 0 Å². The zero-order valence-corrected chi connectivity index (χ0v) is 8.14. The molecule has 3 heteroatoms. The van der Waals surface area contributed by atoms with Gasteiger partial charge in [-0.15, -0.1) is 5.10 Å². The van der Waals surface area contributed by atoms with Crippen LogP contribution in [-0.2, 0) is 6.54 Å². The molecule has 0 fully saturated rings. The normalized spacial score (nSPS) is 10.4. The quantitative estimate of drug-likeness (QED) is 0.719. The second kappa shape index (κ2) is 3.62. The van der Waals surface area contributed by atoms with E-state index >= 15 is 0 Å². The van der Waals surface area contributed by atoms with Crippen LogP contribution in [0.3, 0.4) is 0 Å². The molecule has 0 unspecified atom stereocenters. The predicted molar refractivity (Wildman–Crippen MR) is 55.6 cm³/mol. The molecule has 1 aromatic heterocycles. The number of nitrogens with zero attached hydrogens (tertiary/aromatic N) is 3. The molecule has 1 aromatic carbocycles. The zero-order valence-electron chi connectivity index (χ0n) is 8.14. The van der Waals surface area contributed by atoms with Crippen LogP contribution in [-0.4, -0.2) is 15.0 Å². The highest BCUT2D eigenvalue weighted by atomic mass is 15.4. The third-order valence-electron chi connectivity index (χ3n) is 2.18. The second-order valence-corrected chi connectivity index (χ2v) is 3.21. The Kier molecular flexibility index (Phi) is 2.31. The summed E-state index contributed by atoms with van der Waals surface area (Å²) in [4.78, 5) is 0. The van der Waals surface area contributed by atoms with E-state index in [9.17, 15) is 0 Å². The van der Waals surface area contributed by atoms with Crippen LogP contribution in [0, 0.1) is 13.8 Å².